The zero-order valence-electron chi connectivity index (χ0n) is 50.5. The molecule has 19 N–H and O–H groups in total. The Kier molecular flexibility index (Phi) is 32.2. The molecule has 11 amide bonds. The van der Waals surface area contributed by atoms with Gasteiger partial charge in [0.05, 0.1) is 12.5 Å². The van der Waals surface area contributed by atoms with Crippen molar-refractivity contribution in [1.29, 1.82) is 0 Å². The molecule has 11 atom stereocenters. The summed E-state index contributed by atoms with van der Waals surface area (Å²) < 4.78 is 0. The minimum atomic E-state index is -1.86. The van der Waals surface area contributed by atoms with Crippen molar-refractivity contribution in [1.82, 2.24) is 52.3 Å². The van der Waals surface area contributed by atoms with E-state index in [-0.39, 0.29) is 77.0 Å². The smallest absolute Gasteiger partial charge is 0.326 e. The van der Waals surface area contributed by atoms with Crippen LogP contribution in [0.2, 0.25) is 0 Å². The van der Waals surface area contributed by atoms with E-state index in [4.69, 9.17) is 22.9 Å². The molecule has 0 unspecified atom stereocenters. The molecule has 0 aliphatic carbocycles. The van der Waals surface area contributed by atoms with E-state index in [1.54, 1.807) is 41.5 Å². The molecule has 0 aromatic heterocycles. The summed E-state index contributed by atoms with van der Waals surface area (Å²) in [6.45, 7) is 12.2. The van der Waals surface area contributed by atoms with Gasteiger partial charge in [0.2, 0.25) is 65.0 Å². The first-order chi connectivity index (χ1) is 40.3. The van der Waals surface area contributed by atoms with E-state index in [2.05, 4.69) is 42.5 Å². The summed E-state index contributed by atoms with van der Waals surface area (Å²) in [5, 5.41) is 48.8. The maximum atomic E-state index is 14.4. The molecule has 486 valence electrons. The van der Waals surface area contributed by atoms with Crippen molar-refractivity contribution in [3.63, 3.8) is 0 Å². The summed E-state index contributed by atoms with van der Waals surface area (Å²) >= 11 is 0. The standard InChI is InChI=1S/C55H94N14O17/c1-28(2)26-36(65-50(80)38-16-13-25-69(38)54(84)44(30(5)6)67-51(81)39-17-12-24-68(39)53(83)34(19-21-41(71)72)62-45(75)31(7)58)49(79)66-43(29(3)4)52(82)61-32(14-8-10-22-56)46(76)60-33(18-20-40(59)70)47(77)64-37(27-42(73)74)48(78)63-35(55(85)86)15-9-11-23-57/h28-39,43-44H,8-27,56-58H2,1-7H3,(H2,59,70)(H,60,76)(H,61,82)(H,62,75)(H,63,78)(H,64,77)(H,65,80)(H,66,79)(H,67,81)(H,71,72)(H,73,74)(H,85,86)/t31-,32-,33-,34-,35-,36-,37-,38-,39-,43-,44-/m0/s1. The van der Waals surface area contributed by atoms with Crippen LogP contribution in [0.5, 0.6) is 0 Å². The van der Waals surface area contributed by atoms with E-state index in [0.29, 0.717) is 32.1 Å². The molecule has 0 aromatic rings. The Balaban J connectivity index is 2.36. The third-order valence-corrected chi connectivity index (χ3v) is 14.6. The average molecular weight is 1220 g/mol. The lowest BCUT2D eigenvalue weighted by molar-refractivity contribution is -0.145. The average Bonchev–Trinajstić information content (AvgIpc) is 3.09. The number of primary amides is 1. The second-order valence-corrected chi connectivity index (χ2v) is 23.1. The lowest BCUT2D eigenvalue weighted by Gasteiger charge is -2.33. The number of hydrogen-bond donors (Lipinski definition) is 15. The number of carboxylic acid groups (broad SMARTS) is 3. The van der Waals surface area contributed by atoms with Crippen LogP contribution in [0, 0.1) is 17.8 Å². The minimum Gasteiger partial charge on any atom is -0.481 e. The Labute approximate surface area is 500 Å². The van der Waals surface area contributed by atoms with Gasteiger partial charge >= 0.3 is 17.9 Å². The number of unbranched alkanes of at least 4 members (excludes halogenated alkanes) is 2. The van der Waals surface area contributed by atoms with E-state index in [9.17, 15) is 82.4 Å². The van der Waals surface area contributed by atoms with Gasteiger partial charge in [-0.1, -0.05) is 41.5 Å². The highest BCUT2D eigenvalue weighted by Gasteiger charge is 2.44. The molecule has 31 nitrogen and oxygen atoms in total. The van der Waals surface area contributed by atoms with Gasteiger partial charge in [0.1, 0.15) is 60.4 Å². The lowest BCUT2D eigenvalue weighted by atomic mass is 9.98. The number of nitrogens with zero attached hydrogens (tertiary/aromatic N) is 2. The van der Waals surface area contributed by atoms with Crippen molar-refractivity contribution in [2.75, 3.05) is 26.2 Å². The van der Waals surface area contributed by atoms with Crippen molar-refractivity contribution in [2.45, 2.75) is 218 Å². The van der Waals surface area contributed by atoms with E-state index >= 15 is 0 Å². The number of nitrogens with one attached hydrogen (secondary N) is 8. The zero-order chi connectivity index (χ0) is 65.1. The summed E-state index contributed by atoms with van der Waals surface area (Å²) in [6, 6.07) is -14.8. The highest BCUT2D eigenvalue weighted by molar-refractivity contribution is 6.00. The first kappa shape index (κ1) is 74.6. The van der Waals surface area contributed by atoms with Gasteiger partial charge in [0.25, 0.3) is 0 Å². The second kappa shape index (κ2) is 37.1. The highest BCUT2D eigenvalue weighted by atomic mass is 16.4. The topological polar surface area (TPSA) is 506 Å². The molecule has 0 spiro atoms. The van der Waals surface area contributed by atoms with Crippen LogP contribution >= 0.6 is 0 Å². The minimum absolute atomic E-state index is 0.0564. The van der Waals surface area contributed by atoms with E-state index < -0.39 is 187 Å². The molecule has 0 saturated carbocycles. The normalized spacial score (nSPS) is 18.0. The van der Waals surface area contributed by atoms with Gasteiger partial charge in [-0.3, -0.25) is 62.3 Å². The molecule has 31 heteroatoms. The first-order valence-electron chi connectivity index (χ1n) is 29.5. The fourth-order valence-corrected chi connectivity index (χ4v) is 9.87. The molecule has 2 rings (SSSR count). The summed E-state index contributed by atoms with van der Waals surface area (Å²) in [6.07, 6.45) is -0.296. The number of hydrogen-bond acceptors (Lipinski definition) is 17. The van der Waals surface area contributed by atoms with Crippen LogP contribution in [0.15, 0.2) is 0 Å². The highest BCUT2D eigenvalue weighted by Crippen LogP contribution is 2.24. The molecule has 2 aliphatic rings. The Morgan fingerprint density at radius 3 is 1.38 bits per heavy atom. The second-order valence-electron chi connectivity index (χ2n) is 23.1. The molecule has 2 fully saturated rings. The summed E-state index contributed by atoms with van der Waals surface area (Å²) in [5.41, 5.74) is 22.3. The number of carbonyl (C=O) groups is 14. The SMILES string of the molecule is CC(C)C[C@H](NC(=O)[C@@H]1CCCN1C(=O)[C@@H](NC(=O)[C@@H]1CCCN1C(=O)[C@H](CCC(=O)O)NC(=O)[C@H](C)N)C(C)C)C(=O)N[C@H](C(=O)N[C@@H](CCCCN)C(=O)N[C@@H](CCC(N)=O)C(=O)N[C@@H](CC(=O)O)C(=O)N[C@@H](CCCCN)C(=O)O)C(C)C. The lowest BCUT2D eigenvalue weighted by Crippen LogP contribution is -2.61. The van der Waals surface area contributed by atoms with Gasteiger partial charge in [-0.15, -0.1) is 0 Å². The monoisotopic (exact) mass is 1220 g/mol. The van der Waals surface area contributed by atoms with E-state index in [1.165, 1.54) is 16.7 Å². The van der Waals surface area contributed by atoms with Crippen LogP contribution in [-0.2, 0) is 67.1 Å². The summed E-state index contributed by atoms with van der Waals surface area (Å²) in [4.78, 5) is 189. The van der Waals surface area contributed by atoms with Crippen molar-refractivity contribution in [2.24, 2.45) is 40.7 Å². The molecule has 0 bridgehead atoms. The third kappa shape index (κ3) is 24.8. The van der Waals surface area contributed by atoms with E-state index in [1.807, 2.05) is 0 Å². The molecule has 2 saturated heterocycles. The quantitative estimate of drug-likeness (QED) is 0.0266. The van der Waals surface area contributed by atoms with Crippen LogP contribution in [0.25, 0.3) is 0 Å². The van der Waals surface area contributed by atoms with Crippen LogP contribution < -0.4 is 65.5 Å². The number of aliphatic carboxylic acids is 3. The van der Waals surface area contributed by atoms with Crippen LogP contribution in [0.1, 0.15) is 151 Å². The zero-order valence-corrected chi connectivity index (χ0v) is 50.5. The summed E-state index contributed by atoms with van der Waals surface area (Å²) in [7, 11) is 0. The predicted molar refractivity (Wildman–Crippen MR) is 309 cm³/mol. The van der Waals surface area contributed by atoms with Crippen LogP contribution in [0.3, 0.4) is 0 Å². The molecule has 0 aromatic carbocycles. The Bertz CT molecular complexity index is 2390. The van der Waals surface area contributed by atoms with Crippen molar-refractivity contribution in [3.05, 3.63) is 0 Å². The Morgan fingerprint density at radius 1 is 0.465 bits per heavy atom. The first-order valence-corrected chi connectivity index (χ1v) is 29.5. The molecule has 2 heterocycles. The summed E-state index contributed by atoms with van der Waals surface area (Å²) in [5.74, 6) is -14.8. The van der Waals surface area contributed by atoms with Crippen molar-refractivity contribution >= 4 is 82.9 Å². The van der Waals surface area contributed by atoms with Crippen molar-refractivity contribution in [3.8, 4) is 0 Å². The van der Waals surface area contributed by atoms with Gasteiger partial charge in [-0.2, -0.15) is 0 Å². The molecular formula is C55H94N14O17. The number of carboxylic acids is 3. The van der Waals surface area contributed by atoms with Crippen LogP contribution in [-0.4, -0.2) is 201 Å². The third-order valence-electron chi connectivity index (χ3n) is 14.6. The van der Waals surface area contributed by atoms with E-state index in [0.717, 1.165) is 0 Å². The fourth-order valence-electron chi connectivity index (χ4n) is 9.87. The van der Waals surface area contributed by atoms with Crippen LogP contribution in [0.4, 0.5) is 0 Å². The maximum absolute atomic E-state index is 14.4. The fraction of sp³-hybridized carbons (Fsp3) is 0.745. The van der Waals surface area contributed by atoms with Crippen molar-refractivity contribution < 1.29 is 82.4 Å². The van der Waals surface area contributed by atoms with Gasteiger partial charge in [-0.25, -0.2) is 4.79 Å². The number of carbonyl (C=O) groups excluding carboxylic acids is 11. The van der Waals surface area contributed by atoms with Gasteiger partial charge in [0, 0.05) is 25.9 Å². The molecule has 86 heavy (non-hydrogen) atoms. The van der Waals surface area contributed by atoms with Gasteiger partial charge < -0.3 is 90.6 Å². The van der Waals surface area contributed by atoms with Gasteiger partial charge in [-0.05, 0) is 121 Å². The number of likely N-dealkylation sites (tertiary alicyclic amines) is 2. The number of nitrogens with two attached hydrogens (primary N) is 4. The molecule has 2 aliphatic heterocycles. The molecular weight excluding hydrogens is 1130 g/mol. The Hall–Kier alpha value is -7.54. The Morgan fingerprint density at radius 2 is 0.907 bits per heavy atom. The predicted octanol–water partition coefficient (Wildman–Crippen LogP) is -3.50. The van der Waals surface area contributed by atoms with Gasteiger partial charge in [0.15, 0.2) is 0 Å². The molecule has 0 radical (unpaired) electrons. The maximum Gasteiger partial charge on any atom is 0.326 e. The largest absolute Gasteiger partial charge is 0.481 e. The number of amides is 11. The number of rotatable bonds is 39.